The number of methoxy groups -OCH3 is 1. The Morgan fingerprint density at radius 3 is 2.54 bits per heavy atom. The molecule has 0 aliphatic carbocycles. The molecule has 1 atom stereocenters. The fraction of sp³-hybridized carbons (Fsp3) is 0.556. The maximum Gasteiger partial charge on any atom is 0.155 e. The maximum absolute atomic E-state index is 9.33. The van der Waals surface area contributed by atoms with Crippen molar-refractivity contribution in [2.24, 2.45) is 0 Å². The van der Waals surface area contributed by atoms with Gasteiger partial charge in [0.05, 0.1) is 26.3 Å². The Labute approximate surface area is 143 Å². The Bertz CT molecular complexity index is 648. The van der Waals surface area contributed by atoms with Crippen LogP contribution in [0.15, 0.2) is 24.3 Å². The fourth-order valence-electron chi connectivity index (χ4n) is 3.26. The third-order valence-electron chi connectivity index (χ3n) is 4.64. The first kappa shape index (κ1) is 16.9. The molecule has 2 heterocycles. The highest BCUT2D eigenvalue weighted by atomic mass is 16.5. The molecule has 24 heavy (non-hydrogen) atoms. The SMILES string of the molecule is COc1ccc(Cc2nc(C(C)N3CCCC3)n(CCO)n2)cc1. The lowest BCUT2D eigenvalue weighted by atomic mass is 10.1. The predicted molar refractivity (Wildman–Crippen MR) is 92.1 cm³/mol. The molecule has 1 unspecified atom stereocenters. The van der Waals surface area contributed by atoms with E-state index in [2.05, 4.69) is 16.9 Å². The van der Waals surface area contributed by atoms with Gasteiger partial charge in [-0.25, -0.2) is 9.67 Å². The summed E-state index contributed by atoms with van der Waals surface area (Å²) in [7, 11) is 1.67. The van der Waals surface area contributed by atoms with Gasteiger partial charge in [0.25, 0.3) is 0 Å². The summed E-state index contributed by atoms with van der Waals surface area (Å²) in [6, 6.07) is 8.21. The summed E-state index contributed by atoms with van der Waals surface area (Å²) in [5.41, 5.74) is 1.15. The minimum absolute atomic E-state index is 0.0745. The molecule has 2 aromatic rings. The fourth-order valence-corrected chi connectivity index (χ4v) is 3.26. The second kappa shape index (κ2) is 7.77. The second-order valence-electron chi connectivity index (χ2n) is 6.28. The van der Waals surface area contributed by atoms with E-state index < -0.39 is 0 Å². The summed E-state index contributed by atoms with van der Waals surface area (Å²) in [4.78, 5) is 7.22. The number of hydrogen-bond donors (Lipinski definition) is 1. The molecule has 130 valence electrons. The van der Waals surface area contributed by atoms with Crippen molar-refractivity contribution in [3.8, 4) is 5.75 Å². The molecule has 3 rings (SSSR count). The summed E-state index contributed by atoms with van der Waals surface area (Å²) < 4.78 is 7.06. The van der Waals surface area contributed by atoms with E-state index in [1.54, 1.807) is 7.11 Å². The van der Waals surface area contributed by atoms with Crippen molar-refractivity contribution < 1.29 is 9.84 Å². The quantitative estimate of drug-likeness (QED) is 0.841. The number of aromatic nitrogens is 3. The molecule has 1 N–H and O–H groups in total. The highest BCUT2D eigenvalue weighted by molar-refractivity contribution is 5.28. The molecular weight excluding hydrogens is 304 g/mol. The predicted octanol–water partition coefficient (Wildman–Crippen LogP) is 2.03. The van der Waals surface area contributed by atoms with Gasteiger partial charge in [-0.15, -0.1) is 0 Å². The van der Waals surface area contributed by atoms with E-state index in [4.69, 9.17) is 9.72 Å². The zero-order chi connectivity index (χ0) is 16.9. The lowest BCUT2D eigenvalue weighted by Crippen LogP contribution is -2.26. The van der Waals surface area contributed by atoms with Gasteiger partial charge in [-0.3, -0.25) is 4.90 Å². The van der Waals surface area contributed by atoms with Crippen LogP contribution >= 0.6 is 0 Å². The zero-order valence-electron chi connectivity index (χ0n) is 14.5. The molecule has 6 nitrogen and oxygen atoms in total. The molecule has 0 amide bonds. The van der Waals surface area contributed by atoms with Crippen LogP contribution < -0.4 is 4.74 Å². The van der Waals surface area contributed by atoms with Crippen LogP contribution in [-0.4, -0.2) is 51.6 Å². The largest absolute Gasteiger partial charge is 0.497 e. The molecule has 0 radical (unpaired) electrons. The van der Waals surface area contributed by atoms with E-state index >= 15 is 0 Å². The minimum atomic E-state index is 0.0745. The molecule has 0 saturated carbocycles. The van der Waals surface area contributed by atoms with Crippen LogP contribution in [0.1, 0.15) is 43.0 Å². The van der Waals surface area contributed by atoms with Crippen molar-refractivity contribution in [3.05, 3.63) is 41.5 Å². The average Bonchev–Trinajstić information content (AvgIpc) is 3.25. The Morgan fingerprint density at radius 1 is 1.21 bits per heavy atom. The number of benzene rings is 1. The molecule has 1 aromatic carbocycles. The van der Waals surface area contributed by atoms with Gasteiger partial charge in [0, 0.05) is 6.42 Å². The Hall–Kier alpha value is -1.92. The molecule has 0 bridgehead atoms. The molecule has 0 spiro atoms. The summed E-state index contributed by atoms with van der Waals surface area (Å²) >= 11 is 0. The van der Waals surface area contributed by atoms with Crippen LogP contribution in [0.2, 0.25) is 0 Å². The van der Waals surface area contributed by atoms with E-state index in [-0.39, 0.29) is 12.6 Å². The average molecular weight is 330 g/mol. The van der Waals surface area contributed by atoms with Crippen molar-refractivity contribution >= 4 is 0 Å². The number of likely N-dealkylation sites (tertiary alicyclic amines) is 1. The number of ether oxygens (including phenoxy) is 1. The number of aliphatic hydroxyl groups excluding tert-OH is 1. The number of nitrogens with zero attached hydrogens (tertiary/aromatic N) is 4. The van der Waals surface area contributed by atoms with Gasteiger partial charge >= 0.3 is 0 Å². The van der Waals surface area contributed by atoms with Gasteiger partial charge in [0.15, 0.2) is 5.82 Å². The van der Waals surface area contributed by atoms with Gasteiger partial charge in [-0.05, 0) is 50.6 Å². The van der Waals surface area contributed by atoms with Crippen molar-refractivity contribution in [3.63, 3.8) is 0 Å². The first-order valence-electron chi connectivity index (χ1n) is 8.62. The van der Waals surface area contributed by atoms with Crippen molar-refractivity contribution in [2.45, 2.75) is 38.8 Å². The molecule has 1 fully saturated rings. The Morgan fingerprint density at radius 2 is 1.92 bits per heavy atom. The Kier molecular flexibility index (Phi) is 5.48. The summed E-state index contributed by atoms with van der Waals surface area (Å²) in [6.07, 6.45) is 3.18. The monoisotopic (exact) mass is 330 g/mol. The van der Waals surface area contributed by atoms with Crippen molar-refractivity contribution in [1.29, 1.82) is 0 Å². The lowest BCUT2D eigenvalue weighted by Gasteiger charge is -2.23. The van der Waals surface area contributed by atoms with Crippen LogP contribution in [0, 0.1) is 0 Å². The normalized spacial score (nSPS) is 16.5. The first-order chi connectivity index (χ1) is 11.7. The van der Waals surface area contributed by atoms with Crippen LogP contribution in [0.25, 0.3) is 0 Å². The number of aliphatic hydroxyl groups is 1. The summed E-state index contributed by atoms with van der Waals surface area (Å²) in [5, 5.41) is 13.9. The van der Waals surface area contributed by atoms with Crippen LogP contribution in [-0.2, 0) is 13.0 Å². The first-order valence-corrected chi connectivity index (χ1v) is 8.62. The Balaban J connectivity index is 1.78. The van der Waals surface area contributed by atoms with Crippen LogP contribution in [0.4, 0.5) is 0 Å². The van der Waals surface area contributed by atoms with Crippen molar-refractivity contribution in [1.82, 2.24) is 19.7 Å². The van der Waals surface area contributed by atoms with E-state index in [0.29, 0.717) is 13.0 Å². The smallest absolute Gasteiger partial charge is 0.155 e. The minimum Gasteiger partial charge on any atom is -0.497 e. The number of rotatable bonds is 7. The van der Waals surface area contributed by atoms with E-state index in [1.807, 2.05) is 28.9 Å². The maximum atomic E-state index is 9.33. The van der Waals surface area contributed by atoms with Gasteiger partial charge < -0.3 is 9.84 Å². The summed E-state index contributed by atoms with van der Waals surface area (Å²) in [5.74, 6) is 2.60. The second-order valence-corrected chi connectivity index (χ2v) is 6.28. The molecule has 1 aliphatic rings. The molecule has 6 heteroatoms. The lowest BCUT2D eigenvalue weighted by molar-refractivity contribution is 0.230. The summed E-state index contributed by atoms with van der Waals surface area (Å²) in [6.45, 7) is 4.97. The number of hydrogen-bond acceptors (Lipinski definition) is 5. The molecule has 1 aromatic heterocycles. The van der Waals surface area contributed by atoms with E-state index in [1.165, 1.54) is 12.8 Å². The van der Waals surface area contributed by atoms with E-state index in [9.17, 15) is 5.11 Å². The van der Waals surface area contributed by atoms with Crippen LogP contribution in [0.3, 0.4) is 0 Å². The molecular formula is C18H26N4O2. The zero-order valence-corrected chi connectivity index (χ0v) is 14.5. The van der Waals surface area contributed by atoms with E-state index in [0.717, 1.165) is 36.1 Å². The highest BCUT2D eigenvalue weighted by Gasteiger charge is 2.24. The van der Waals surface area contributed by atoms with Crippen LogP contribution in [0.5, 0.6) is 5.75 Å². The van der Waals surface area contributed by atoms with Gasteiger partial charge in [-0.2, -0.15) is 5.10 Å². The molecule has 1 aliphatic heterocycles. The highest BCUT2D eigenvalue weighted by Crippen LogP contribution is 2.24. The third-order valence-corrected chi connectivity index (χ3v) is 4.64. The van der Waals surface area contributed by atoms with Gasteiger partial charge in [0.2, 0.25) is 0 Å². The van der Waals surface area contributed by atoms with Gasteiger partial charge in [0.1, 0.15) is 11.6 Å². The van der Waals surface area contributed by atoms with Gasteiger partial charge in [-0.1, -0.05) is 12.1 Å². The third kappa shape index (κ3) is 3.76. The standard InChI is InChI=1S/C18H26N4O2/c1-14(21-9-3-4-10-21)18-19-17(20-22(18)11-12-23)13-15-5-7-16(24-2)8-6-15/h5-8,14,23H,3-4,9-13H2,1-2H3. The van der Waals surface area contributed by atoms with Crippen molar-refractivity contribution in [2.75, 3.05) is 26.8 Å². The molecule has 1 saturated heterocycles. The topological polar surface area (TPSA) is 63.4 Å².